The van der Waals surface area contributed by atoms with E-state index in [2.05, 4.69) is 93.3 Å². The van der Waals surface area contributed by atoms with Crippen molar-refractivity contribution >= 4 is 34.1 Å². The molecule has 0 aliphatic carbocycles. The second kappa shape index (κ2) is 12.5. The summed E-state index contributed by atoms with van der Waals surface area (Å²) in [5.41, 5.74) is 6.46. The topological polar surface area (TPSA) is 36.4 Å². The van der Waals surface area contributed by atoms with Crippen molar-refractivity contribution < 1.29 is 5.11 Å². The van der Waals surface area contributed by atoms with Gasteiger partial charge in [-0.25, -0.2) is 4.98 Å². The quantitative estimate of drug-likeness (QED) is 0.228. The van der Waals surface area contributed by atoms with Gasteiger partial charge in [0.1, 0.15) is 0 Å². The molecule has 4 heteroatoms. The lowest BCUT2D eigenvalue weighted by Crippen LogP contribution is -2.31. The Kier molecular flexibility index (Phi) is 9.68. The zero-order chi connectivity index (χ0) is 24.1. The number of rotatable bonds is 10. The van der Waals surface area contributed by atoms with Crippen molar-refractivity contribution in [3.05, 3.63) is 77.4 Å². The largest absolute Gasteiger partial charge is 0.387 e. The molecule has 186 valence electrons. The molecule has 1 N–H and O–H groups in total. The van der Waals surface area contributed by atoms with E-state index in [9.17, 15) is 5.11 Å². The average molecular weight is 491 g/mol. The molecule has 0 radical (unpaired) electrons. The van der Waals surface area contributed by atoms with Gasteiger partial charge in [-0.2, -0.15) is 0 Å². The molecule has 0 amide bonds. The first kappa shape index (κ1) is 27.1. The molecule has 4 aromatic rings. The summed E-state index contributed by atoms with van der Waals surface area (Å²) >= 11 is 0. The highest BCUT2D eigenvalue weighted by atomic mass is 35.5. The van der Waals surface area contributed by atoms with Gasteiger partial charge < -0.3 is 10.0 Å². The first-order valence-electron chi connectivity index (χ1n) is 12.8. The van der Waals surface area contributed by atoms with Gasteiger partial charge in [0, 0.05) is 22.9 Å². The number of fused-ring (bicyclic) bond motifs is 3. The van der Waals surface area contributed by atoms with Gasteiger partial charge in [0.05, 0.1) is 17.3 Å². The normalized spacial score (nSPS) is 12.3. The van der Waals surface area contributed by atoms with Crippen LogP contribution < -0.4 is 0 Å². The summed E-state index contributed by atoms with van der Waals surface area (Å²) in [7, 11) is 0. The maximum Gasteiger partial charge on any atom is 0.0924 e. The molecule has 1 atom stereocenters. The van der Waals surface area contributed by atoms with Crippen LogP contribution in [-0.4, -0.2) is 34.6 Å². The first-order valence-corrected chi connectivity index (χ1v) is 12.8. The second-order valence-electron chi connectivity index (χ2n) is 9.62. The predicted octanol–water partition coefficient (Wildman–Crippen LogP) is 8.03. The summed E-state index contributed by atoms with van der Waals surface area (Å²) in [5.74, 6) is 0. The van der Waals surface area contributed by atoms with Gasteiger partial charge in [-0.1, -0.05) is 86.8 Å². The molecule has 3 aromatic carbocycles. The molecule has 0 saturated heterocycles. The van der Waals surface area contributed by atoms with Crippen LogP contribution in [0.15, 0.2) is 60.7 Å². The third-order valence-corrected chi connectivity index (χ3v) is 6.84. The van der Waals surface area contributed by atoms with E-state index >= 15 is 0 Å². The number of aromatic nitrogens is 1. The van der Waals surface area contributed by atoms with Crippen LogP contribution in [0.5, 0.6) is 0 Å². The van der Waals surface area contributed by atoms with Crippen LogP contribution in [-0.2, 0) is 0 Å². The molecule has 0 spiro atoms. The van der Waals surface area contributed by atoms with Crippen molar-refractivity contribution in [2.75, 3.05) is 19.6 Å². The van der Waals surface area contributed by atoms with E-state index in [0.29, 0.717) is 6.54 Å². The lowest BCUT2D eigenvalue weighted by molar-refractivity contribution is 0.112. The third-order valence-electron chi connectivity index (χ3n) is 6.84. The Bertz CT molecular complexity index is 1260. The monoisotopic (exact) mass is 490 g/mol. The van der Waals surface area contributed by atoms with Crippen LogP contribution in [0.2, 0.25) is 0 Å². The summed E-state index contributed by atoms with van der Waals surface area (Å²) in [6.45, 7) is 11.4. The number of aliphatic hydroxyl groups is 1. The summed E-state index contributed by atoms with van der Waals surface area (Å²) in [6, 6.07) is 21.3. The van der Waals surface area contributed by atoms with E-state index in [1.807, 2.05) is 0 Å². The summed E-state index contributed by atoms with van der Waals surface area (Å²) in [4.78, 5) is 7.59. The van der Waals surface area contributed by atoms with Crippen molar-refractivity contribution in [3.8, 4) is 11.3 Å². The number of nitrogens with zero attached hydrogens (tertiary/aromatic N) is 2. The smallest absolute Gasteiger partial charge is 0.0924 e. The minimum atomic E-state index is -0.565. The van der Waals surface area contributed by atoms with Gasteiger partial charge in [-0.3, -0.25) is 0 Å². The molecule has 0 saturated carbocycles. The number of benzene rings is 3. The summed E-state index contributed by atoms with van der Waals surface area (Å²) in [5, 5.41) is 14.9. The minimum Gasteiger partial charge on any atom is -0.387 e. The molecule has 1 aromatic heterocycles. The van der Waals surface area contributed by atoms with Gasteiger partial charge >= 0.3 is 0 Å². The number of hydrogen-bond donors (Lipinski definition) is 1. The van der Waals surface area contributed by atoms with Crippen molar-refractivity contribution in [1.82, 2.24) is 9.88 Å². The summed E-state index contributed by atoms with van der Waals surface area (Å²) in [6.07, 6.45) is 4.09. The van der Waals surface area contributed by atoms with E-state index in [1.54, 1.807) is 0 Å². The molecule has 35 heavy (non-hydrogen) atoms. The second-order valence-corrected chi connectivity index (χ2v) is 9.62. The number of aliphatic hydroxyl groups excluding tert-OH is 1. The molecular formula is C31H39ClN2O. The van der Waals surface area contributed by atoms with Gasteiger partial charge in [0.2, 0.25) is 0 Å². The standard InChI is InChI=1S/C31H38N2O.ClH/c1-5-7-17-33(18-8-6-2)21-30(34)28-20-29(25-15-13-22(3)19-23(25)4)32-31-26-12-10-9-11-24(26)14-16-27(28)31;/h9-16,19-20,30,34H,5-8,17-18,21H2,1-4H3;1H. The molecule has 0 fully saturated rings. The predicted molar refractivity (Wildman–Crippen MR) is 153 cm³/mol. The fraction of sp³-hybridized carbons (Fsp3) is 0.387. The van der Waals surface area contributed by atoms with Crippen LogP contribution in [0.4, 0.5) is 0 Å². The van der Waals surface area contributed by atoms with Gasteiger partial charge in [-0.05, 0) is 62.4 Å². The van der Waals surface area contributed by atoms with Crippen molar-refractivity contribution in [2.24, 2.45) is 0 Å². The third kappa shape index (κ3) is 6.22. The van der Waals surface area contributed by atoms with Crippen LogP contribution in [0.1, 0.15) is 62.3 Å². The fourth-order valence-corrected chi connectivity index (χ4v) is 4.90. The first-order chi connectivity index (χ1) is 16.5. The lowest BCUT2D eigenvalue weighted by Gasteiger charge is -2.26. The minimum absolute atomic E-state index is 0. The zero-order valence-electron chi connectivity index (χ0n) is 21.6. The van der Waals surface area contributed by atoms with Crippen molar-refractivity contribution in [2.45, 2.75) is 59.5 Å². The molecule has 0 aliphatic heterocycles. The Labute approximate surface area is 216 Å². The average Bonchev–Trinajstić information content (AvgIpc) is 2.84. The molecular weight excluding hydrogens is 452 g/mol. The Morgan fingerprint density at radius 2 is 1.57 bits per heavy atom. The van der Waals surface area contributed by atoms with Gasteiger partial charge in [0.25, 0.3) is 0 Å². The van der Waals surface area contributed by atoms with E-state index < -0.39 is 6.10 Å². The van der Waals surface area contributed by atoms with Crippen molar-refractivity contribution in [1.29, 1.82) is 0 Å². The SMILES string of the molecule is CCCCN(CCCC)CC(O)c1cc(-c2ccc(C)cc2C)nc2c1ccc1ccccc12.Cl. The van der Waals surface area contributed by atoms with Crippen LogP contribution in [0, 0.1) is 13.8 Å². The molecule has 3 nitrogen and oxygen atoms in total. The highest BCUT2D eigenvalue weighted by Gasteiger charge is 2.19. The Balaban J connectivity index is 0.00000342. The van der Waals surface area contributed by atoms with Crippen molar-refractivity contribution in [3.63, 3.8) is 0 Å². The Morgan fingerprint density at radius 3 is 2.26 bits per heavy atom. The van der Waals surface area contributed by atoms with Crippen LogP contribution in [0.3, 0.4) is 0 Å². The molecule has 1 unspecified atom stereocenters. The number of hydrogen-bond acceptors (Lipinski definition) is 3. The number of halogens is 1. The lowest BCUT2D eigenvalue weighted by atomic mass is 9.95. The maximum atomic E-state index is 11.6. The fourth-order valence-electron chi connectivity index (χ4n) is 4.90. The van der Waals surface area contributed by atoms with E-state index in [4.69, 9.17) is 4.98 Å². The molecule has 4 rings (SSSR count). The highest BCUT2D eigenvalue weighted by Crippen LogP contribution is 2.34. The van der Waals surface area contributed by atoms with Crippen LogP contribution >= 0.6 is 12.4 Å². The Hall–Kier alpha value is -2.46. The number of aryl methyl sites for hydroxylation is 2. The van der Waals surface area contributed by atoms with Gasteiger partial charge in [0.15, 0.2) is 0 Å². The molecule has 0 aliphatic rings. The number of unbranched alkanes of at least 4 members (excludes halogenated alkanes) is 2. The maximum absolute atomic E-state index is 11.6. The van der Waals surface area contributed by atoms with Gasteiger partial charge in [-0.15, -0.1) is 12.4 Å². The van der Waals surface area contributed by atoms with E-state index in [0.717, 1.165) is 59.0 Å². The highest BCUT2D eigenvalue weighted by molar-refractivity contribution is 6.07. The number of pyridine rings is 1. The van der Waals surface area contributed by atoms with E-state index in [-0.39, 0.29) is 12.4 Å². The van der Waals surface area contributed by atoms with E-state index in [1.165, 1.54) is 29.4 Å². The summed E-state index contributed by atoms with van der Waals surface area (Å²) < 4.78 is 0. The molecule has 0 bridgehead atoms. The zero-order valence-corrected chi connectivity index (χ0v) is 22.4. The van der Waals surface area contributed by atoms with Crippen LogP contribution in [0.25, 0.3) is 32.9 Å². The Morgan fingerprint density at radius 1 is 0.857 bits per heavy atom. The molecule has 1 heterocycles.